The van der Waals surface area contributed by atoms with E-state index in [4.69, 9.17) is 17.3 Å². The fourth-order valence-corrected chi connectivity index (χ4v) is 1.72. The van der Waals surface area contributed by atoms with Gasteiger partial charge in [-0.05, 0) is 37.3 Å². The first-order chi connectivity index (χ1) is 9.04. The van der Waals surface area contributed by atoms with Gasteiger partial charge in [0.2, 0.25) is 0 Å². The van der Waals surface area contributed by atoms with Crippen LogP contribution < -0.4 is 16.4 Å². The lowest BCUT2D eigenvalue weighted by atomic mass is 10.2. The zero-order chi connectivity index (χ0) is 13.8. The molecule has 0 aliphatic carbocycles. The standard InChI is InChI=1S/C14H14ClN3O/c1-9-2-4-10(5-3-9)17-14(19)18-11-6-7-13(16)12(15)8-11/h2-8H,16H2,1H3,(H2,17,18,19). The predicted molar refractivity (Wildman–Crippen MR) is 79.7 cm³/mol. The summed E-state index contributed by atoms with van der Waals surface area (Å²) in [5.74, 6) is 0. The fraction of sp³-hybridized carbons (Fsp3) is 0.0714. The molecule has 0 bridgehead atoms. The maximum atomic E-state index is 11.8. The highest BCUT2D eigenvalue weighted by molar-refractivity contribution is 6.33. The number of aryl methyl sites for hydroxylation is 1. The van der Waals surface area contributed by atoms with Crippen molar-refractivity contribution in [2.75, 3.05) is 16.4 Å². The third kappa shape index (κ3) is 3.63. The molecule has 0 unspecified atom stereocenters. The Morgan fingerprint density at radius 3 is 2.26 bits per heavy atom. The van der Waals surface area contributed by atoms with Crippen LogP contribution in [0.1, 0.15) is 5.56 Å². The number of rotatable bonds is 2. The van der Waals surface area contributed by atoms with Crippen LogP contribution in [0.15, 0.2) is 42.5 Å². The van der Waals surface area contributed by atoms with Crippen LogP contribution in [0, 0.1) is 6.92 Å². The second-order valence-corrected chi connectivity index (χ2v) is 4.59. The Bertz CT molecular complexity index is 596. The molecule has 0 saturated carbocycles. The monoisotopic (exact) mass is 275 g/mol. The minimum absolute atomic E-state index is 0.329. The molecule has 0 aromatic heterocycles. The molecule has 98 valence electrons. The van der Waals surface area contributed by atoms with Crippen LogP contribution in [0.25, 0.3) is 0 Å². The molecule has 2 aromatic carbocycles. The molecule has 2 rings (SSSR count). The Labute approximate surface area is 116 Å². The number of hydrogen-bond donors (Lipinski definition) is 3. The van der Waals surface area contributed by atoms with E-state index in [-0.39, 0.29) is 6.03 Å². The van der Waals surface area contributed by atoms with E-state index in [1.54, 1.807) is 18.2 Å². The van der Waals surface area contributed by atoms with Gasteiger partial charge in [-0.2, -0.15) is 0 Å². The average molecular weight is 276 g/mol. The number of amides is 2. The molecule has 4 nitrogen and oxygen atoms in total. The molecule has 2 aromatic rings. The zero-order valence-electron chi connectivity index (χ0n) is 10.4. The Morgan fingerprint density at radius 1 is 1.05 bits per heavy atom. The summed E-state index contributed by atoms with van der Waals surface area (Å²) in [4.78, 5) is 11.8. The number of nitrogens with two attached hydrogens (primary N) is 1. The van der Waals surface area contributed by atoms with Crippen molar-refractivity contribution in [1.29, 1.82) is 0 Å². The van der Waals surface area contributed by atoms with Crippen LogP contribution >= 0.6 is 11.6 Å². The van der Waals surface area contributed by atoms with Gasteiger partial charge in [0.1, 0.15) is 0 Å². The van der Waals surface area contributed by atoms with E-state index < -0.39 is 0 Å². The summed E-state index contributed by atoms with van der Waals surface area (Å²) in [7, 11) is 0. The number of urea groups is 1. The first kappa shape index (κ1) is 13.2. The van der Waals surface area contributed by atoms with E-state index in [9.17, 15) is 4.79 Å². The zero-order valence-corrected chi connectivity index (χ0v) is 11.2. The van der Waals surface area contributed by atoms with Crippen LogP contribution in [0.4, 0.5) is 21.9 Å². The quantitative estimate of drug-likeness (QED) is 0.728. The van der Waals surface area contributed by atoms with E-state index in [2.05, 4.69) is 10.6 Å². The van der Waals surface area contributed by atoms with E-state index in [0.717, 1.165) is 11.3 Å². The minimum atomic E-state index is -0.329. The summed E-state index contributed by atoms with van der Waals surface area (Å²) in [5, 5.41) is 5.82. The topological polar surface area (TPSA) is 67.2 Å². The van der Waals surface area contributed by atoms with Crippen LogP contribution in [0.2, 0.25) is 5.02 Å². The smallest absolute Gasteiger partial charge is 0.323 e. The summed E-state index contributed by atoms with van der Waals surface area (Å²) in [5.41, 5.74) is 8.52. The second-order valence-electron chi connectivity index (χ2n) is 4.18. The molecular formula is C14H14ClN3O. The van der Waals surface area contributed by atoms with Crippen molar-refractivity contribution in [2.45, 2.75) is 6.92 Å². The number of halogens is 1. The number of carbonyl (C=O) groups excluding carboxylic acids is 1. The van der Waals surface area contributed by atoms with Gasteiger partial charge in [0.05, 0.1) is 10.7 Å². The van der Waals surface area contributed by atoms with Crippen LogP contribution in [0.3, 0.4) is 0 Å². The van der Waals surface area contributed by atoms with Gasteiger partial charge >= 0.3 is 6.03 Å². The largest absolute Gasteiger partial charge is 0.398 e. The van der Waals surface area contributed by atoms with Gasteiger partial charge < -0.3 is 16.4 Å². The van der Waals surface area contributed by atoms with E-state index in [0.29, 0.717) is 16.4 Å². The molecule has 0 spiro atoms. The lowest BCUT2D eigenvalue weighted by molar-refractivity contribution is 0.262. The van der Waals surface area contributed by atoms with E-state index >= 15 is 0 Å². The van der Waals surface area contributed by atoms with E-state index in [1.165, 1.54) is 0 Å². The Kier molecular flexibility index (Phi) is 3.92. The molecule has 0 aliphatic rings. The van der Waals surface area contributed by atoms with Crippen LogP contribution in [0.5, 0.6) is 0 Å². The Morgan fingerprint density at radius 2 is 1.63 bits per heavy atom. The molecule has 4 N–H and O–H groups in total. The van der Waals surface area contributed by atoms with Gasteiger partial charge in [0.15, 0.2) is 0 Å². The number of benzene rings is 2. The molecule has 0 saturated heterocycles. The highest BCUT2D eigenvalue weighted by atomic mass is 35.5. The maximum Gasteiger partial charge on any atom is 0.323 e. The summed E-state index contributed by atoms with van der Waals surface area (Å²) in [6, 6.07) is 12.1. The summed E-state index contributed by atoms with van der Waals surface area (Å²) >= 11 is 5.88. The number of hydrogen-bond acceptors (Lipinski definition) is 2. The SMILES string of the molecule is Cc1ccc(NC(=O)Nc2ccc(N)c(Cl)c2)cc1. The highest BCUT2D eigenvalue weighted by Crippen LogP contribution is 2.22. The van der Waals surface area contributed by atoms with Gasteiger partial charge in [0, 0.05) is 11.4 Å². The lowest BCUT2D eigenvalue weighted by Gasteiger charge is -2.08. The number of carbonyl (C=O) groups is 1. The normalized spacial score (nSPS) is 10.0. The summed E-state index contributed by atoms with van der Waals surface area (Å²) in [6.45, 7) is 1.99. The molecule has 0 heterocycles. The lowest BCUT2D eigenvalue weighted by Crippen LogP contribution is -2.19. The molecular weight excluding hydrogens is 262 g/mol. The molecule has 2 amide bonds. The minimum Gasteiger partial charge on any atom is -0.398 e. The summed E-state index contributed by atoms with van der Waals surface area (Å²) < 4.78 is 0. The highest BCUT2D eigenvalue weighted by Gasteiger charge is 2.04. The van der Waals surface area contributed by atoms with Crippen molar-refractivity contribution in [1.82, 2.24) is 0 Å². The number of anilines is 3. The van der Waals surface area contributed by atoms with Gasteiger partial charge in [-0.25, -0.2) is 4.79 Å². The van der Waals surface area contributed by atoms with Crippen molar-refractivity contribution < 1.29 is 4.79 Å². The summed E-state index contributed by atoms with van der Waals surface area (Å²) in [6.07, 6.45) is 0. The van der Waals surface area contributed by atoms with Gasteiger partial charge in [-0.1, -0.05) is 29.3 Å². The van der Waals surface area contributed by atoms with Crippen molar-refractivity contribution in [3.8, 4) is 0 Å². The molecule has 19 heavy (non-hydrogen) atoms. The maximum absolute atomic E-state index is 11.8. The van der Waals surface area contributed by atoms with Gasteiger partial charge in [0.25, 0.3) is 0 Å². The number of nitrogen functional groups attached to an aromatic ring is 1. The molecule has 0 aliphatic heterocycles. The van der Waals surface area contributed by atoms with Crippen molar-refractivity contribution in [3.05, 3.63) is 53.1 Å². The van der Waals surface area contributed by atoms with Crippen LogP contribution in [-0.2, 0) is 0 Å². The molecule has 5 heteroatoms. The first-order valence-electron chi connectivity index (χ1n) is 5.74. The molecule has 0 fully saturated rings. The van der Waals surface area contributed by atoms with Crippen LogP contribution in [-0.4, -0.2) is 6.03 Å². The second kappa shape index (κ2) is 5.63. The number of nitrogens with one attached hydrogen (secondary N) is 2. The van der Waals surface area contributed by atoms with Crippen molar-refractivity contribution in [2.24, 2.45) is 0 Å². The van der Waals surface area contributed by atoms with Crippen molar-refractivity contribution in [3.63, 3.8) is 0 Å². The molecule has 0 radical (unpaired) electrons. The molecule has 0 atom stereocenters. The Hall–Kier alpha value is -2.20. The first-order valence-corrected chi connectivity index (χ1v) is 6.12. The predicted octanol–water partition coefficient (Wildman–Crippen LogP) is 3.87. The third-order valence-corrected chi connectivity index (χ3v) is 2.90. The average Bonchev–Trinajstić information content (AvgIpc) is 2.37. The Balaban J connectivity index is 2.01. The van der Waals surface area contributed by atoms with Gasteiger partial charge in [-0.3, -0.25) is 0 Å². The van der Waals surface area contributed by atoms with Crippen molar-refractivity contribution >= 4 is 34.7 Å². The third-order valence-electron chi connectivity index (χ3n) is 2.57. The van der Waals surface area contributed by atoms with Gasteiger partial charge in [-0.15, -0.1) is 0 Å². The van der Waals surface area contributed by atoms with E-state index in [1.807, 2.05) is 31.2 Å². The fourth-order valence-electron chi connectivity index (χ4n) is 1.54.